The Hall–Kier alpha value is -2.55. The molecule has 9 heteroatoms. The lowest BCUT2D eigenvalue weighted by atomic mass is 10.5. The van der Waals surface area contributed by atoms with Crippen molar-refractivity contribution in [3.8, 4) is 12.0 Å². The normalized spacial score (nSPS) is 10.5. The number of hydrogen-bond donors (Lipinski definition) is 1. The van der Waals surface area contributed by atoms with E-state index in [9.17, 15) is 0 Å². The van der Waals surface area contributed by atoms with Crippen molar-refractivity contribution in [2.75, 3.05) is 5.73 Å². The van der Waals surface area contributed by atoms with Crippen LogP contribution in [0.2, 0.25) is 0 Å². The van der Waals surface area contributed by atoms with Gasteiger partial charge in [0.1, 0.15) is 19.3 Å². The van der Waals surface area contributed by atoms with Crippen molar-refractivity contribution in [1.82, 2.24) is 29.7 Å². The van der Waals surface area contributed by atoms with Crippen molar-refractivity contribution in [1.29, 1.82) is 0 Å². The van der Waals surface area contributed by atoms with Crippen LogP contribution in [0.3, 0.4) is 0 Å². The van der Waals surface area contributed by atoms with Gasteiger partial charge in [-0.3, -0.25) is 0 Å². The molecule has 0 amide bonds. The predicted molar refractivity (Wildman–Crippen MR) is 67.8 cm³/mol. The lowest BCUT2D eigenvalue weighted by molar-refractivity contribution is 0.283. The summed E-state index contributed by atoms with van der Waals surface area (Å²) in [6.45, 7) is 0.387. The van der Waals surface area contributed by atoms with E-state index in [1.165, 1.54) is 17.3 Å². The number of hydrogen-bond acceptors (Lipinski definition) is 8. The molecule has 0 bridgehead atoms. The summed E-state index contributed by atoms with van der Waals surface area (Å²) in [5.41, 5.74) is 5.61. The number of aromatic nitrogens is 6. The molecule has 0 atom stereocenters. The number of rotatable bonds is 4. The Morgan fingerprint density at radius 3 is 3.00 bits per heavy atom. The van der Waals surface area contributed by atoms with Crippen molar-refractivity contribution < 1.29 is 4.74 Å². The zero-order chi connectivity index (χ0) is 13.1. The Bertz CT molecular complexity index is 653. The molecule has 0 spiro atoms. The summed E-state index contributed by atoms with van der Waals surface area (Å²) in [6.07, 6.45) is 2.85. The molecular formula is C10H9N7OS. The van der Waals surface area contributed by atoms with Gasteiger partial charge in [0.15, 0.2) is 0 Å². The Morgan fingerprint density at radius 2 is 2.26 bits per heavy atom. The Labute approximate surface area is 111 Å². The maximum absolute atomic E-state index is 5.61. The zero-order valence-corrected chi connectivity index (χ0v) is 10.5. The van der Waals surface area contributed by atoms with E-state index >= 15 is 0 Å². The predicted octanol–water partition coefficient (Wildman–Crippen LogP) is 0.675. The lowest BCUT2D eigenvalue weighted by Gasteiger charge is -2.05. The first-order valence-corrected chi connectivity index (χ1v) is 6.21. The fourth-order valence-corrected chi connectivity index (χ4v) is 1.99. The first kappa shape index (κ1) is 11.5. The average molecular weight is 275 g/mol. The Balaban J connectivity index is 1.82. The second-order valence-corrected chi connectivity index (χ2v) is 4.52. The molecule has 0 aliphatic carbocycles. The van der Waals surface area contributed by atoms with Crippen molar-refractivity contribution >= 4 is 17.3 Å². The Kier molecular flexibility index (Phi) is 3.02. The summed E-state index contributed by atoms with van der Waals surface area (Å²) in [6, 6.07) is 4.07. The van der Waals surface area contributed by atoms with E-state index in [1.807, 2.05) is 17.5 Å². The van der Waals surface area contributed by atoms with Gasteiger partial charge in [-0.2, -0.15) is 24.7 Å². The standard InChI is InChI=1S/C10H9N7OS/c11-8-14-9(17-6-12-5-13-17)16-10(15-8)18-4-7-2-1-3-19-7/h1-3,5-6H,4H2,(H2,11,14,15,16). The summed E-state index contributed by atoms with van der Waals surface area (Å²) in [4.78, 5) is 16.9. The van der Waals surface area contributed by atoms with Gasteiger partial charge < -0.3 is 10.5 Å². The number of nitrogens with two attached hydrogens (primary N) is 1. The van der Waals surface area contributed by atoms with E-state index in [0.717, 1.165) is 4.88 Å². The number of nitrogen functional groups attached to an aromatic ring is 1. The molecule has 2 N–H and O–H groups in total. The van der Waals surface area contributed by atoms with Crippen LogP contribution in [-0.2, 0) is 6.61 Å². The lowest BCUT2D eigenvalue weighted by Crippen LogP contribution is -2.09. The second-order valence-electron chi connectivity index (χ2n) is 3.48. The highest BCUT2D eigenvalue weighted by Crippen LogP contribution is 2.13. The molecule has 0 unspecified atom stereocenters. The van der Waals surface area contributed by atoms with E-state index in [2.05, 4.69) is 25.0 Å². The van der Waals surface area contributed by atoms with Crippen LogP contribution >= 0.6 is 11.3 Å². The maximum atomic E-state index is 5.61. The number of nitrogens with zero attached hydrogens (tertiary/aromatic N) is 6. The van der Waals surface area contributed by atoms with Gasteiger partial charge in [0.05, 0.1) is 0 Å². The third kappa shape index (κ3) is 2.65. The quantitative estimate of drug-likeness (QED) is 0.746. The molecule has 19 heavy (non-hydrogen) atoms. The summed E-state index contributed by atoms with van der Waals surface area (Å²) >= 11 is 1.59. The van der Waals surface area contributed by atoms with Crippen LogP contribution in [0.4, 0.5) is 5.95 Å². The van der Waals surface area contributed by atoms with Gasteiger partial charge in [-0.15, -0.1) is 11.3 Å². The fourth-order valence-electron chi connectivity index (χ4n) is 1.37. The molecular weight excluding hydrogens is 266 g/mol. The molecule has 96 valence electrons. The monoisotopic (exact) mass is 275 g/mol. The first-order valence-electron chi connectivity index (χ1n) is 5.33. The average Bonchev–Trinajstić information content (AvgIpc) is 3.09. The van der Waals surface area contributed by atoms with Crippen molar-refractivity contribution in [2.24, 2.45) is 0 Å². The van der Waals surface area contributed by atoms with Gasteiger partial charge in [-0.25, -0.2) is 4.98 Å². The summed E-state index contributed by atoms with van der Waals surface area (Å²) < 4.78 is 6.86. The molecule has 0 aromatic carbocycles. The third-order valence-electron chi connectivity index (χ3n) is 2.17. The van der Waals surface area contributed by atoms with Crippen LogP contribution in [0.15, 0.2) is 30.2 Å². The molecule has 8 nitrogen and oxygen atoms in total. The van der Waals surface area contributed by atoms with Crippen LogP contribution in [0.5, 0.6) is 6.01 Å². The molecule has 0 saturated heterocycles. The van der Waals surface area contributed by atoms with Crippen LogP contribution < -0.4 is 10.5 Å². The highest BCUT2D eigenvalue weighted by atomic mass is 32.1. The summed E-state index contributed by atoms with van der Waals surface area (Å²) in [5, 5.41) is 5.90. The van der Waals surface area contributed by atoms with Gasteiger partial charge in [-0.05, 0) is 11.4 Å². The van der Waals surface area contributed by atoms with Gasteiger partial charge in [0.25, 0.3) is 5.95 Å². The SMILES string of the molecule is Nc1nc(OCc2cccs2)nc(-n2cncn2)n1. The van der Waals surface area contributed by atoms with Gasteiger partial charge >= 0.3 is 6.01 Å². The fraction of sp³-hybridized carbons (Fsp3) is 0.100. The van der Waals surface area contributed by atoms with E-state index in [4.69, 9.17) is 10.5 Å². The van der Waals surface area contributed by atoms with Gasteiger partial charge in [0, 0.05) is 4.88 Å². The minimum atomic E-state index is 0.0710. The second kappa shape index (κ2) is 4.98. The highest BCUT2D eigenvalue weighted by Gasteiger charge is 2.08. The van der Waals surface area contributed by atoms with Crippen LogP contribution in [0.25, 0.3) is 5.95 Å². The minimum Gasteiger partial charge on any atom is -0.458 e. The molecule has 3 aromatic rings. The van der Waals surface area contributed by atoms with Crippen molar-refractivity contribution in [3.63, 3.8) is 0 Å². The van der Waals surface area contributed by atoms with E-state index in [-0.39, 0.29) is 17.9 Å². The van der Waals surface area contributed by atoms with Crippen molar-refractivity contribution in [3.05, 3.63) is 35.0 Å². The van der Waals surface area contributed by atoms with Crippen LogP contribution in [0, 0.1) is 0 Å². The third-order valence-corrected chi connectivity index (χ3v) is 3.02. The van der Waals surface area contributed by atoms with Crippen LogP contribution in [0.1, 0.15) is 4.88 Å². The minimum absolute atomic E-state index is 0.0710. The number of thiophene rings is 1. The molecule has 0 aliphatic heterocycles. The van der Waals surface area contributed by atoms with E-state index < -0.39 is 0 Å². The largest absolute Gasteiger partial charge is 0.458 e. The Morgan fingerprint density at radius 1 is 1.32 bits per heavy atom. The van der Waals surface area contributed by atoms with Crippen molar-refractivity contribution in [2.45, 2.75) is 6.61 Å². The van der Waals surface area contributed by atoms with Crippen LogP contribution in [-0.4, -0.2) is 29.7 Å². The number of ether oxygens (including phenoxy) is 1. The zero-order valence-electron chi connectivity index (χ0n) is 9.67. The summed E-state index contributed by atoms with van der Waals surface area (Å²) in [7, 11) is 0. The topological polar surface area (TPSA) is 105 Å². The maximum Gasteiger partial charge on any atom is 0.323 e. The molecule has 0 saturated carbocycles. The molecule has 3 heterocycles. The summed E-state index contributed by atoms with van der Waals surface area (Å²) in [5.74, 6) is 0.341. The molecule has 3 rings (SSSR count). The molecule has 0 fully saturated rings. The number of anilines is 1. The van der Waals surface area contributed by atoms with Gasteiger partial charge in [0.2, 0.25) is 5.95 Å². The molecule has 0 radical (unpaired) electrons. The molecule has 3 aromatic heterocycles. The smallest absolute Gasteiger partial charge is 0.323 e. The highest BCUT2D eigenvalue weighted by molar-refractivity contribution is 7.09. The molecule has 0 aliphatic rings. The van der Waals surface area contributed by atoms with E-state index in [1.54, 1.807) is 11.3 Å². The first-order chi connectivity index (χ1) is 9.31. The van der Waals surface area contributed by atoms with E-state index in [0.29, 0.717) is 6.61 Å². The van der Waals surface area contributed by atoms with Gasteiger partial charge in [-0.1, -0.05) is 6.07 Å².